The number of benzene rings is 2. The molecule has 2 N–H and O–H groups in total. The number of ether oxygens (including phenoxy) is 2. The van der Waals surface area contributed by atoms with Gasteiger partial charge in [0.25, 0.3) is 5.69 Å². The Morgan fingerprint density at radius 3 is 1.97 bits per heavy atom. The summed E-state index contributed by atoms with van der Waals surface area (Å²) in [6, 6.07) is 11.0. The van der Waals surface area contributed by atoms with Crippen molar-refractivity contribution in [3.8, 4) is 11.5 Å². The summed E-state index contributed by atoms with van der Waals surface area (Å²) >= 11 is 6.06. The van der Waals surface area contributed by atoms with E-state index in [2.05, 4.69) is 15.9 Å². The lowest BCUT2D eigenvalue weighted by Crippen LogP contribution is -2.45. The Morgan fingerprint density at radius 1 is 0.971 bits per heavy atom. The Balaban J connectivity index is 0.000000604. The zero-order valence-corrected chi connectivity index (χ0v) is 19.5. The van der Waals surface area contributed by atoms with Crippen LogP contribution in [0.2, 0.25) is 5.02 Å². The fourth-order valence-electron chi connectivity index (χ4n) is 3.45. The third-order valence-corrected chi connectivity index (χ3v) is 5.35. The zero-order chi connectivity index (χ0) is 25.3. The molecule has 12 heteroatoms. The number of nitro groups is 1. The standard InChI is InChI=1S/C20H24ClN3O4.C2H2O4/c1-27-19-11-16(18(24(25)26)12-20(19)28-2)14-23-8-6-22(7-9-23)13-15-4-3-5-17(21)10-15;3-1(4)2(5)6/h3-5,10-12H,6-9,13-14H2,1-2H3;(H,3,4)(H,5,6). The van der Waals surface area contributed by atoms with E-state index in [4.69, 9.17) is 40.9 Å². The summed E-state index contributed by atoms with van der Waals surface area (Å²) in [4.78, 5) is 33.9. The van der Waals surface area contributed by atoms with Gasteiger partial charge in [-0.2, -0.15) is 0 Å². The molecule has 1 aliphatic heterocycles. The minimum atomic E-state index is -1.82. The van der Waals surface area contributed by atoms with Crippen LogP contribution in [0.5, 0.6) is 11.5 Å². The van der Waals surface area contributed by atoms with Crippen molar-refractivity contribution >= 4 is 29.2 Å². The van der Waals surface area contributed by atoms with Gasteiger partial charge in [0.2, 0.25) is 0 Å². The summed E-state index contributed by atoms with van der Waals surface area (Å²) in [5.74, 6) is -2.78. The molecule has 1 heterocycles. The van der Waals surface area contributed by atoms with E-state index in [1.165, 1.54) is 25.8 Å². The molecule has 34 heavy (non-hydrogen) atoms. The highest BCUT2D eigenvalue weighted by Crippen LogP contribution is 2.35. The number of nitro benzene ring substituents is 1. The molecule has 0 spiro atoms. The number of carbonyl (C=O) groups is 2. The van der Waals surface area contributed by atoms with Gasteiger partial charge < -0.3 is 19.7 Å². The maximum absolute atomic E-state index is 11.5. The van der Waals surface area contributed by atoms with Crippen molar-refractivity contribution in [1.82, 2.24) is 9.80 Å². The first kappa shape index (κ1) is 26.8. The number of hydrogen-bond acceptors (Lipinski definition) is 8. The fraction of sp³-hybridized carbons (Fsp3) is 0.364. The molecule has 184 valence electrons. The number of hydrogen-bond donors (Lipinski definition) is 2. The zero-order valence-electron chi connectivity index (χ0n) is 18.8. The van der Waals surface area contributed by atoms with Gasteiger partial charge in [0.05, 0.1) is 25.2 Å². The number of halogens is 1. The third kappa shape index (κ3) is 7.87. The van der Waals surface area contributed by atoms with Crippen molar-refractivity contribution in [3.63, 3.8) is 0 Å². The van der Waals surface area contributed by atoms with Crippen molar-refractivity contribution in [2.45, 2.75) is 13.1 Å². The maximum atomic E-state index is 11.5. The first-order valence-electron chi connectivity index (χ1n) is 10.2. The van der Waals surface area contributed by atoms with Gasteiger partial charge in [-0.25, -0.2) is 9.59 Å². The molecule has 0 aliphatic carbocycles. The Bertz CT molecular complexity index is 1010. The Hall–Kier alpha value is -3.41. The minimum absolute atomic E-state index is 0.0546. The predicted molar refractivity (Wildman–Crippen MR) is 123 cm³/mol. The van der Waals surface area contributed by atoms with Crippen LogP contribution in [-0.2, 0) is 22.7 Å². The SMILES string of the molecule is COc1cc(CN2CCN(Cc3cccc(Cl)c3)CC2)c([N+](=O)[O-])cc1OC.O=C(O)C(=O)O. The van der Waals surface area contributed by atoms with E-state index in [1.807, 2.05) is 18.2 Å². The van der Waals surface area contributed by atoms with E-state index in [1.54, 1.807) is 6.07 Å². The van der Waals surface area contributed by atoms with Gasteiger partial charge in [0, 0.05) is 49.9 Å². The highest BCUT2D eigenvalue weighted by atomic mass is 35.5. The van der Waals surface area contributed by atoms with Gasteiger partial charge >= 0.3 is 11.9 Å². The van der Waals surface area contributed by atoms with E-state index in [9.17, 15) is 10.1 Å². The number of piperazine rings is 1. The summed E-state index contributed by atoms with van der Waals surface area (Å²) < 4.78 is 10.5. The monoisotopic (exact) mass is 495 g/mol. The van der Waals surface area contributed by atoms with E-state index in [0.29, 0.717) is 23.6 Å². The number of carboxylic acids is 2. The van der Waals surface area contributed by atoms with Gasteiger partial charge in [-0.15, -0.1) is 0 Å². The Morgan fingerprint density at radius 2 is 1.50 bits per heavy atom. The summed E-state index contributed by atoms with van der Waals surface area (Å²) in [5.41, 5.74) is 1.88. The fourth-order valence-corrected chi connectivity index (χ4v) is 3.66. The van der Waals surface area contributed by atoms with Crippen LogP contribution in [0, 0.1) is 10.1 Å². The molecule has 0 atom stereocenters. The van der Waals surface area contributed by atoms with Crippen LogP contribution in [-0.4, -0.2) is 77.3 Å². The van der Waals surface area contributed by atoms with Gasteiger partial charge in [0.1, 0.15) is 0 Å². The normalized spacial score (nSPS) is 14.0. The Kier molecular flexibility index (Phi) is 10.0. The molecule has 0 amide bonds. The van der Waals surface area contributed by atoms with Crippen LogP contribution < -0.4 is 9.47 Å². The first-order valence-corrected chi connectivity index (χ1v) is 10.6. The molecule has 0 radical (unpaired) electrons. The van der Waals surface area contributed by atoms with E-state index in [-0.39, 0.29) is 10.6 Å². The first-order chi connectivity index (χ1) is 16.1. The van der Waals surface area contributed by atoms with E-state index >= 15 is 0 Å². The average molecular weight is 496 g/mol. The molecule has 1 saturated heterocycles. The lowest BCUT2D eigenvalue weighted by Gasteiger charge is -2.34. The summed E-state index contributed by atoms with van der Waals surface area (Å²) in [7, 11) is 3.00. The molecule has 0 unspecified atom stereocenters. The Labute approximate surface area is 201 Å². The minimum Gasteiger partial charge on any atom is -0.493 e. The molecular formula is C22H26ClN3O8. The molecule has 1 fully saturated rings. The average Bonchev–Trinajstić information content (AvgIpc) is 2.80. The highest BCUT2D eigenvalue weighted by molar-refractivity contribution is 6.30. The lowest BCUT2D eigenvalue weighted by atomic mass is 10.1. The molecule has 0 aromatic heterocycles. The van der Waals surface area contributed by atoms with Crippen molar-refractivity contribution in [2.24, 2.45) is 0 Å². The molecule has 11 nitrogen and oxygen atoms in total. The molecule has 0 bridgehead atoms. The van der Waals surface area contributed by atoms with Crippen LogP contribution in [0.4, 0.5) is 5.69 Å². The summed E-state index contributed by atoms with van der Waals surface area (Å²) in [5, 5.41) is 27.0. The molecule has 1 aliphatic rings. The second-order valence-electron chi connectivity index (χ2n) is 7.39. The predicted octanol–water partition coefficient (Wildman–Crippen LogP) is 2.74. The number of rotatable bonds is 7. The third-order valence-electron chi connectivity index (χ3n) is 5.12. The van der Waals surface area contributed by atoms with Crippen molar-refractivity contribution in [3.05, 3.63) is 62.7 Å². The molecule has 0 saturated carbocycles. The largest absolute Gasteiger partial charge is 0.493 e. The number of nitrogens with zero attached hydrogens (tertiary/aromatic N) is 3. The van der Waals surface area contributed by atoms with E-state index in [0.717, 1.165) is 37.7 Å². The van der Waals surface area contributed by atoms with E-state index < -0.39 is 11.9 Å². The van der Waals surface area contributed by atoms with Crippen molar-refractivity contribution in [2.75, 3.05) is 40.4 Å². The molecule has 3 rings (SSSR count). The molecule has 2 aromatic rings. The van der Waals surface area contributed by atoms with Crippen LogP contribution in [0.25, 0.3) is 0 Å². The lowest BCUT2D eigenvalue weighted by molar-refractivity contribution is -0.385. The number of aliphatic carboxylic acids is 2. The smallest absolute Gasteiger partial charge is 0.414 e. The second-order valence-corrected chi connectivity index (χ2v) is 7.82. The molecule has 2 aromatic carbocycles. The van der Waals surface area contributed by atoms with Gasteiger partial charge in [0.15, 0.2) is 11.5 Å². The topological polar surface area (TPSA) is 143 Å². The number of carboxylic acid groups (broad SMARTS) is 2. The second kappa shape index (κ2) is 12.7. The highest BCUT2D eigenvalue weighted by Gasteiger charge is 2.23. The van der Waals surface area contributed by atoms with Crippen molar-refractivity contribution < 1.29 is 34.2 Å². The van der Waals surface area contributed by atoms with Crippen molar-refractivity contribution in [1.29, 1.82) is 0 Å². The summed E-state index contributed by atoms with van der Waals surface area (Å²) in [6.07, 6.45) is 0. The van der Waals surface area contributed by atoms with Gasteiger partial charge in [-0.3, -0.25) is 19.9 Å². The van der Waals surface area contributed by atoms with Crippen LogP contribution in [0.3, 0.4) is 0 Å². The number of methoxy groups -OCH3 is 2. The van der Waals surface area contributed by atoms with Gasteiger partial charge in [-0.1, -0.05) is 23.7 Å². The van der Waals surface area contributed by atoms with Crippen LogP contribution >= 0.6 is 11.6 Å². The quantitative estimate of drug-likeness (QED) is 0.334. The van der Waals surface area contributed by atoms with Crippen LogP contribution in [0.1, 0.15) is 11.1 Å². The van der Waals surface area contributed by atoms with Gasteiger partial charge in [-0.05, 0) is 23.8 Å². The van der Waals surface area contributed by atoms with Crippen LogP contribution in [0.15, 0.2) is 36.4 Å². The maximum Gasteiger partial charge on any atom is 0.414 e. The molecular weight excluding hydrogens is 470 g/mol. The summed E-state index contributed by atoms with van der Waals surface area (Å²) in [6.45, 7) is 4.83.